The maximum atomic E-state index is 12.5. The molecule has 0 aliphatic carbocycles. The standard InChI is InChI=1S/C18H17ClN4O4/c19-12-5-3-11(4-6-12)14(24)9-15-20-16(27-21-15)10-23-17(25)8-13-2-1-7-22(13)18(23)26/h3-6,8,14,24H,1-2,7,9-10H2. The predicted octanol–water partition coefficient (Wildman–Crippen LogP) is 1.32. The van der Waals surface area contributed by atoms with Gasteiger partial charge in [0.1, 0.15) is 6.54 Å². The summed E-state index contributed by atoms with van der Waals surface area (Å²) in [6.07, 6.45) is 0.911. The fourth-order valence-electron chi connectivity index (χ4n) is 3.22. The Balaban J connectivity index is 1.51. The molecule has 1 aromatic carbocycles. The van der Waals surface area contributed by atoms with E-state index in [0.717, 1.165) is 23.1 Å². The van der Waals surface area contributed by atoms with Crippen LogP contribution < -0.4 is 11.2 Å². The Hall–Kier alpha value is -2.71. The number of fused-ring (bicyclic) bond motifs is 1. The topological polar surface area (TPSA) is 103 Å². The number of hydrogen-bond acceptors (Lipinski definition) is 6. The molecule has 140 valence electrons. The Labute approximate surface area is 158 Å². The summed E-state index contributed by atoms with van der Waals surface area (Å²) in [7, 11) is 0. The average molecular weight is 389 g/mol. The molecule has 1 unspecified atom stereocenters. The summed E-state index contributed by atoms with van der Waals surface area (Å²) in [4.78, 5) is 28.9. The van der Waals surface area contributed by atoms with E-state index in [1.165, 1.54) is 6.07 Å². The van der Waals surface area contributed by atoms with Gasteiger partial charge >= 0.3 is 5.69 Å². The van der Waals surface area contributed by atoms with E-state index in [1.807, 2.05) is 0 Å². The van der Waals surface area contributed by atoms with Crippen LogP contribution in [0.2, 0.25) is 5.02 Å². The first kappa shape index (κ1) is 17.7. The highest BCUT2D eigenvalue weighted by atomic mass is 35.5. The number of aliphatic hydroxyl groups excluding tert-OH is 1. The highest BCUT2D eigenvalue weighted by Gasteiger charge is 2.19. The second-order valence-corrected chi connectivity index (χ2v) is 6.91. The normalized spacial score (nSPS) is 14.3. The number of hydrogen-bond donors (Lipinski definition) is 1. The van der Waals surface area contributed by atoms with Crippen molar-refractivity contribution in [1.29, 1.82) is 0 Å². The minimum atomic E-state index is -0.818. The molecule has 3 heterocycles. The van der Waals surface area contributed by atoms with Crippen molar-refractivity contribution >= 4 is 11.6 Å². The molecule has 0 radical (unpaired) electrons. The van der Waals surface area contributed by atoms with Crippen molar-refractivity contribution in [3.8, 4) is 0 Å². The predicted molar refractivity (Wildman–Crippen MR) is 96.8 cm³/mol. The smallest absolute Gasteiger partial charge is 0.331 e. The van der Waals surface area contributed by atoms with Crippen molar-refractivity contribution in [3.05, 3.63) is 79.2 Å². The molecule has 2 aromatic heterocycles. The van der Waals surface area contributed by atoms with Gasteiger partial charge in [-0.3, -0.25) is 13.9 Å². The third-order valence-corrected chi connectivity index (χ3v) is 4.87. The second-order valence-electron chi connectivity index (χ2n) is 6.47. The summed E-state index contributed by atoms with van der Waals surface area (Å²) in [5.41, 5.74) is 0.697. The lowest BCUT2D eigenvalue weighted by Crippen LogP contribution is -2.39. The summed E-state index contributed by atoms with van der Waals surface area (Å²) >= 11 is 5.84. The van der Waals surface area contributed by atoms with Gasteiger partial charge in [-0.1, -0.05) is 28.9 Å². The highest BCUT2D eigenvalue weighted by molar-refractivity contribution is 6.30. The zero-order valence-corrected chi connectivity index (χ0v) is 15.1. The molecule has 0 fully saturated rings. The van der Waals surface area contributed by atoms with E-state index in [4.69, 9.17) is 16.1 Å². The zero-order chi connectivity index (χ0) is 19.0. The van der Waals surface area contributed by atoms with E-state index < -0.39 is 6.10 Å². The largest absolute Gasteiger partial charge is 0.388 e. The van der Waals surface area contributed by atoms with Crippen LogP contribution in [0.5, 0.6) is 0 Å². The number of aromatic nitrogens is 4. The molecule has 1 atom stereocenters. The molecular weight excluding hydrogens is 372 g/mol. The SMILES string of the molecule is O=c1cc2n(c(=O)n1Cc1nc(CC(O)c3ccc(Cl)cc3)no1)CCC2. The van der Waals surface area contributed by atoms with Crippen molar-refractivity contribution in [2.24, 2.45) is 0 Å². The van der Waals surface area contributed by atoms with E-state index in [1.54, 1.807) is 28.8 Å². The molecular formula is C18H17ClN4O4. The average Bonchev–Trinajstić information content (AvgIpc) is 3.28. The summed E-state index contributed by atoms with van der Waals surface area (Å²) in [5.74, 6) is 0.438. The molecule has 0 spiro atoms. The van der Waals surface area contributed by atoms with Crippen LogP contribution in [0.25, 0.3) is 0 Å². The van der Waals surface area contributed by atoms with Gasteiger partial charge in [-0.25, -0.2) is 4.79 Å². The lowest BCUT2D eigenvalue weighted by atomic mass is 10.1. The second kappa shape index (κ2) is 7.13. The van der Waals surface area contributed by atoms with Gasteiger partial charge in [0.05, 0.1) is 6.10 Å². The Morgan fingerprint density at radius 3 is 2.81 bits per heavy atom. The van der Waals surface area contributed by atoms with Crippen LogP contribution in [0.15, 0.2) is 44.4 Å². The monoisotopic (exact) mass is 388 g/mol. The molecule has 3 aromatic rings. The van der Waals surface area contributed by atoms with Gasteiger partial charge in [0, 0.05) is 29.7 Å². The maximum absolute atomic E-state index is 12.5. The third kappa shape index (κ3) is 3.58. The fourth-order valence-corrected chi connectivity index (χ4v) is 3.35. The number of rotatable bonds is 5. The molecule has 1 N–H and O–H groups in total. The molecule has 1 aliphatic heterocycles. The molecule has 9 heteroatoms. The third-order valence-electron chi connectivity index (χ3n) is 4.61. The zero-order valence-electron chi connectivity index (χ0n) is 14.3. The fraction of sp³-hybridized carbons (Fsp3) is 0.333. The van der Waals surface area contributed by atoms with Gasteiger partial charge in [0.2, 0.25) is 5.89 Å². The van der Waals surface area contributed by atoms with Crippen LogP contribution in [-0.4, -0.2) is 24.4 Å². The van der Waals surface area contributed by atoms with Gasteiger partial charge < -0.3 is 9.63 Å². The molecule has 27 heavy (non-hydrogen) atoms. The summed E-state index contributed by atoms with van der Waals surface area (Å²) in [6.45, 7) is 0.513. The maximum Gasteiger partial charge on any atom is 0.331 e. The van der Waals surface area contributed by atoms with Gasteiger partial charge in [-0.2, -0.15) is 4.98 Å². The summed E-state index contributed by atoms with van der Waals surface area (Å²) in [5, 5.41) is 14.7. The minimum absolute atomic E-state index is 0.0953. The molecule has 0 saturated carbocycles. The first-order valence-electron chi connectivity index (χ1n) is 8.60. The Bertz CT molecular complexity index is 1080. The quantitative estimate of drug-likeness (QED) is 0.707. The molecule has 1 aliphatic rings. The van der Waals surface area contributed by atoms with Crippen LogP contribution in [0.3, 0.4) is 0 Å². The summed E-state index contributed by atoms with van der Waals surface area (Å²) < 4.78 is 7.84. The van der Waals surface area contributed by atoms with Crippen LogP contribution in [0.4, 0.5) is 0 Å². The van der Waals surface area contributed by atoms with Gasteiger partial charge in [0.25, 0.3) is 5.56 Å². The van der Waals surface area contributed by atoms with Crippen LogP contribution in [-0.2, 0) is 25.9 Å². The highest BCUT2D eigenvalue weighted by Crippen LogP contribution is 2.19. The Morgan fingerprint density at radius 2 is 2.04 bits per heavy atom. The van der Waals surface area contributed by atoms with Gasteiger partial charge in [-0.05, 0) is 30.5 Å². The van der Waals surface area contributed by atoms with E-state index in [0.29, 0.717) is 23.0 Å². The molecule has 8 nitrogen and oxygen atoms in total. The van der Waals surface area contributed by atoms with E-state index in [2.05, 4.69) is 10.1 Å². The van der Waals surface area contributed by atoms with Crippen molar-refractivity contribution in [2.45, 2.75) is 38.5 Å². The summed E-state index contributed by atoms with van der Waals surface area (Å²) in [6, 6.07) is 8.30. The van der Waals surface area contributed by atoms with E-state index >= 15 is 0 Å². The van der Waals surface area contributed by atoms with E-state index in [9.17, 15) is 14.7 Å². The first-order chi connectivity index (χ1) is 13.0. The van der Waals surface area contributed by atoms with Gasteiger partial charge in [-0.15, -0.1) is 0 Å². The van der Waals surface area contributed by atoms with Crippen LogP contribution in [0.1, 0.15) is 35.5 Å². The molecule has 0 bridgehead atoms. The molecule has 0 saturated heterocycles. The number of aryl methyl sites for hydroxylation is 1. The lowest BCUT2D eigenvalue weighted by Gasteiger charge is -2.08. The van der Waals surface area contributed by atoms with Crippen LogP contribution >= 0.6 is 11.6 Å². The van der Waals surface area contributed by atoms with Crippen molar-refractivity contribution in [1.82, 2.24) is 19.3 Å². The number of benzene rings is 1. The number of nitrogens with zero attached hydrogens (tertiary/aromatic N) is 4. The molecule has 0 amide bonds. The van der Waals surface area contributed by atoms with Crippen LogP contribution in [0, 0.1) is 0 Å². The number of halogens is 1. The lowest BCUT2D eigenvalue weighted by molar-refractivity contribution is 0.174. The molecule has 4 rings (SSSR count). The van der Waals surface area contributed by atoms with Crippen molar-refractivity contribution in [3.63, 3.8) is 0 Å². The van der Waals surface area contributed by atoms with E-state index in [-0.39, 0.29) is 30.1 Å². The Morgan fingerprint density at radius 1 is 1.26 bits per heavy atom. The number of aliphatic hydroxyl groups is 1. The first-order valence-corrected chi connectivity index (χ1v) is 8.97. The van der Waals surface area contributed by atoms with Gasteiger partial charge in [0.15, 0.2) is 5.82 Å². The van der Waals surface area contributed by atoms with Crippen molar-refractivity contribution in [2.75, 3.05) is 0 Å². The van der Waals surface area contributed by atoms with Crippen molar-refractivity contribution < 1.29 is 9.63 Å². The Kier molecular flexibility index (Phi) is 4.67. The minimum Gasteiger partial charge on any atom is -0.388 e.